The highest BCUT2D eigenvalue weighted by Crippen LogP contribution is 2.16. The zero-order chi connectivity index (χ0) is 21.7. The van der Waals surface area contributed by atoms with Crippen molar-refractivity contribution in [3.05, 3.63) is 60.1 Å². The van der Waals surface area contributed by atoms with Crippen LogP contribution in [0.1, 0.15) is 43.6 Å². The molecule has 1 aliphatic heterocycles. The minimum absolute atomic E-state index is 0.251. The fourth-order valence-electron chi connectivity index (χ4n) is 3.69. The van der Waals surface area contributed by atoms with Crippen molar-refractivity contribution >= 4 is 5.96 Å². The highest BCUT2D eigenvalue weighted by Gasteiger charge is 2.19. The van der Waals surface area contributed by atoms with Crippen molar-refractivity contribution in [3.8, 4) is 0 Å². The summed E-state index contributed by atoms with van der Waals surface area (Å²) in [5.74, 6) is 1.23. The van der Waals surface area contributed by atoms with Crippen LogP contribution in [0.2, 0.25) is 0 Å². The Balaban J connectivity index is 1.28. The van der Waals surface area contributed by atoms with Gasteiger partial charge in [0.15, 0.2) is 5.96 Å². The van der Waals surface area contributed by atoms with Crippen LogP contribution in [0.5, 0.6) is 0 Å². The van der Waals surface area contributed by atoms with Gasteiger partial charge in [-0.05, 0) is 43.9 Å². The summed E-state index contributed by atoms with van der Waals surface area (Å²) in [6.45, 7) is 7.76. The molecule has 1 atom stereocenters. The van der Waals surface area contributed by atoms with E-state index < -0.39 is 6.10 Å². The molecule has 7 nitrogen and oxygen atoms in total. The Labute approximate surface area is 185 Å². The van der Waals surface area contributed by atoms with E-state index >= 15 is 0 Å². The summed E-state index contributed by atoms with van der Waals surface area (Å²) in [4.78, 5) is 6.94. The lowest BCUT2D eigenvalue weighted by molar-refractivity contribution is 0.00534. The van der Waals surface area contributed by atoms with Gasteiger partial charge < -0.3 is 24.9 Å². The molecule has 0 aliphatic carbocycles. The van der Waals surface area contributed by atoms with E-state index in [1.54, 1.807) is 18.4 Å². The lowest BCUT2D eigenvalue weighted by atomic mass is 10.1. The summed E-state index contributed by atoms with van der Waals surface area (Å²) in [7, 11) is 0. The quantitative estimate of drug-likeness (QED) is 0.290. The molecule has 31 heavy (non-hydrogen) atoms. The van der Waals surface area contributed by atoms with Crippen LogP contribution in [-0.2, 0) is 11.3 Å². The van der Waals surface area contributed by atoms with E-state index in [9.17, 15) is 5.11 Å². The van der Waals surface area contributed by atoms with Crippen molar-refractivity contribution in [1.82, 2.24) is 15.5 Å². The van der Waals surface area contributed by atoms with Gasteiger partial charge in [-0.2, -0.15) is 0 Å². The summed E-state index contributed by atoms with van der Waals surface area (Å²) in [6.07, 6.45) is 4.28. The van der Waals surface area contributed by atoms with Crippen LogP contribution < -0.4 is 10.6 Å². The molecule has 0 saturated carbocycles. The fourth-order valence-corrected chi connectivity index (χ4v) is 3.69. The monoisotopic (exact) mass is 428 g/mol. The number of nitrogens with one attached hydrogen (secondary N) is 2. The first kappa shape index (κ1) is 23.3. The predicted molar refractivity (Wildman–Crippen MR) is 123 cm³/mol. The molecule has 7 heteroatoms. The van der Waals surface area contributed by atoms with Gasteiger partial charge in [0, 0.05) is 39.3 Å². The molecule has 170 valence electrons. The maximum atomic E-state index is 10.1. The highest BCUT2D eigenvalue weighted by atomic mass is 16.5. The maximum absolute atomic E-state index is 10.1. The van der Waals surface area contributed by atoms with Crippen LogP contribution in [0.25, 0.3) is 0 Å². The zero-order valence-corrected chi connectivity index (χ0v) is 18.5. The third-order valence-corrected chi connectivity index (χ3v) is 5.39. The minimum Gasteiger partial charge on any atom is -0.467 e. The second-order valence-corrected chi connectivity index (χ2v) is 7.86. The van der Waals surface area contributed by atoms with E-state index in [4.69, 9.17) is 9.15 Å². The van der Waals surface area contributed by atoms with Gasteiger partial charge in [-0.1, -0.05) is 30.3 Å². The van der Waals surface area contributed by atoms with Gasteiger partial charge in [0.25, 0.3) is 0 Å². The van der Waals surface area contributed by atoms with Gasteiger partial charge >= 0.3 is 0 Å². The largest absolute Gasteiger partial charge is 0.467 e. The molecule has 1 saturated heterocycles. The number of aliphatic hydroxyl groups excluding tert-OH is 1. The smallest absolute Gasteiger partial charge is 0.191 e. The van der Waals surface area contributed by atoms with Crippen LogP contribution in [0.4, 0.5) is 0 Å². The average Bonchev–Trinajstić information content (AvgIpc) is 3.34. The molecule has 0 radical (unpaired) electrons. The van der Waals surface area contributed by atoms with Crippen molar-refractivity contribution in [2.75, 3.05) is 39.3 Å². The van der Waals surface area contributed by atoms with E-state index in [1.807, 2.05) is 6.92 Å². The molecule has 1 aromatic heterocycles. The lowest BCUT2D eigenvalue weighted by Crippen LogP contribution is -2.39. The summed E-state index contributed by atoms with van der Waals surface area (Å²) in [5, 5.41) is 16.6. The normalized spacial score (nSPS) is 16.9. The van der Waals surface area contributed by atoms with Crippen molar-refractivity contribution in [1.29, 1.82) is 0 Å². The van der Waals surface area contributed by atoms with Crippen molar-refractivity contribution in [2.24, 2.45) is 4.99 Å². The van der Waals surface area contributed by atoms with Crippen LogP contribution in [0.3, 0.4) is 0 Å². The molecule has 3 N–H and O–H groups in total. The van der Waals surface area contributed by atoms with E-state index in [2.05, 4.69) is 50.9 Å². The summed E-state index contributed by atoms with van der Waals surface area (Å²) < 4.78 is 11.3. The molecule has 1 aliphatic rings. The maximum Gasteiger partial charge on any atom is 0.191 e. The third kappa shape index (κ3) is 8.36. The van der Waals surface area contributed by atoms with Crippen molar-refractivity contribution in [2.45, 2.75) is 44.9 Å². The number of likely N-dealkylation sites (tertiary alicyclic amines) is 1. The molecule has 0 bridgehead atoms. The number of rotatable bonds is 11. The number of furan rings is 1. The van der Waals surface area contributed by atoms with Crippen LogP contribution in [0.15, 0.2) is 58.1 Å². The van der Waals surface area contributed by atoms with Gasteiger partial charge in [0.2, 0.25) is 0 Å². The van der Waals surface area contributed by atoms with Crippen molar-refractivity contribution < 1.29 is 14.3 Å². The Kier molecular flexibility index (Phi) is 9.89. The molecule has 2 aromatic rings. The molecular formula is C24H36N4O3. The summed E-state index contributed by atoms with van der Waals surface area (Å²) >= 11 is 0. The zero-order valence-electron chi connectivity index (χ0n) is 18.5. The van der Waals surface area contributed by atoms with Crippen LogP contribution in [0, 0.1) is 0 Å². The molecule has 0 spiro atoms. The number of guanidine groups is 1. The highest BCUT2D eigenvalue weighted by molar-refractivity contribution is 5.79. The van der Waals surface area contributed by atoms with Crippen LogP contribution in [-0.4, -0.2) is 61.4 Å². The van der Waals surface area contributed by atoms with Crippen molar-refractivity contribution in [3.63, 3.8) is 0 Å². The van der Waals surface area contributed by atoms with E-state index in [0.29, 0.717) is 17.8 Å². The third-order valence-electron chi connectivity index (χ3n) is 5.39. The van der Waals surface area contributed by atoms with Gasteiger partial charge in [-0.25, -0.2) is 0 Å². The number of aliphatic hydroxyl groups is 1. The van der Waals surface area contributed by atoms with E-state index in [-0.39, 0.29) is 6.54 Å². The molecule has 2 heterocycles. The van der Waals surface area contributed by atoms with Gasteiger partial charge in [-0.3, -0.25) is 9.89 Å². The average molecular weight is 429 g/mol. The van der Waals surface area contributed by atoms with Gasteiger partial charge in [0.1, 0.15) is 11.9 Å². The van der Waals surface area contributed by atoms with Crippen LogP contribution >= 0.6 is 0 Å². The number of piperidine rings is 1. The van der Waals surface area contributed by atoms with Gasteiger partial charge in [-0.15, -0.1) is 0 Å². The number of hydrogen-bond acceptors (Lipinski definition) is 5. The molecule has 1 aromatic carbocycles. The predicted octanol–water partition coefficient (Wildman–Crippen LogP) is 2.94. The summed E-state index contributed by atoms with van der Waals surface area (Å²) in [5.41, 5.74) is 1.38. The number of hydrogen-bond donors (Lipinski definition) is 3. The number of aliphatic imine (C=N–C) groups is 1. The lowest BCUT2D eigenvalue weighted by Gasteiger charge is -2.32. The topological polar surface area (TPSA) is 82.3 Å². The number of benzene rings is 1. The fraction of sp³-hybridized carbons (Fsp3) is 0.542. The number of ether oxygens (including phenoxy) is 1. The second-order valence-electron chi connectivity index (χ2n) is 7.86. The van der Waals surface area contributed by atoms with Gasteiger partial charge in [0.05, 0.1) is 18.9 Å². The standard InChI is InChI=1S/C24H36N4O3/c1-2-25-24(27-18-22(29)23-10-6-16-31-23)26-13-7-17-30-21-11-14-28(15-12-21)19-20-8-4-3-5-9-20/h3-6,8-10,16,21-22,29H,2,7,11-15,17-19H2,1H3,(H2,25,26,27). The first-order chi connectivity index (χ1) is 15.2. The molecule has 3 rings (SSSR count). The SMILES string of the molecule is CCNC(=NCC(O)c1ccco1)NCCCOC1CCN(Cc2ccccc2)CC1. The molecule has 1 unspecified atom stereocenters. The summed E-state index contributed by atoms with van der Waals surface area (Å²) in [6, 6.07) is 14.2. The Morgan fingerprint density at radius 1 is 1.19 bits per heavy atom. The molecule has 0 amide bonds. The van der Waals surface area contributed by atoms with E-state index in [0.717, 1.165) is 58.6 Å². The Morgan fingerprint density at radius 2 is 2.00 bits per heavy atom. The number of nitrogens with zero attached hydrogens (tertiary/aromatic N) is 2. The minimum atomic E-state index is -0.735. The first-order valence-electron chi connectivity index (χ1n) is 11.4. The second kappa shape index (κ2) is 13.1. The molecular weight excluding hydrogens is 392 g/mol. The van der Waals surface area contributed by atoms with E-state index in [1.165, 1.54) is 5.56 Å². The Hall–Kier alpha value is -2.35. The molecule has 1 fully saturated rings. The Bertz CT molecular complexity index is 743. The Morgan fingerprint density at radius 3 is 2.71 bits per heavy atom. The first-order valence-corrected chi connectivity index (χ1v) is 11.4.